The predicted molar refractivity (Wildman–Crippen MR) is 131 cm³/mol. The first-order valence-corrected chi connectivity index (χ1v) is 11.6. The third-order valence-electron chi connectivity index (χ3n) is 5.82. The monoisotopic (exact) mass is 479 g/mol. The Morgan fingerprint density at radius 1 is 1.15 bits per heavy atom. The number of benzene rings is 2. The van der Waals surface area contributed by atoms with E-state index in [0.717, 1.165) is 48.3 Å². The zero-order chi connectivity index (χ0) is 23.5. The fourth-order valence-electron chi connectivity index (χ4n) is 4.01. The maximum Gasteiger partial charge on any atom is 0.191 e. The zero-order valence-electron chi connectivity index (χ0n) is 19.1. The molecule has 1 fully saturated rings. The summed E-state index contributed by atoms with van der Waals surface area (Å²) in [6.07, 6.45) is 5.28. The Kier molecular flexibility index (Phi) is 6.51. The summed E-state index contributed by atoms with van der Waals surface area (Å²) in [5, 5.41) is 4.70. The van der Waals surface area contributed by atoms with Gasteiger partial charge in [-0.2, -0.15) is 0 Å². The molecule has 176 valence electrons. The minimum Gasteiger partial charge on any atom is -0.489 e. The lowest BCUT2D eigenvalue weighted by molar-refractivity contribution is 0.116. The number of aromatic nitrogens is 3. The van der Waals surface area contributed by atoms with Crippen LogP contribution >= 0.6 is 11.6 Å². The number of fused-ring (bicyclic) bond motifs is 1. The highest BCUT2D eigenvalue weighted by Gasteiger charge is 2.20. The second-order valence-electron chi connectivity index (χ2n) is 8.41. The zero-order valence-corrected chi connectivity index (χ0v) is 19.9. The molecule has 1 aliphatic heterocycles. The molecule has 0 amide bonds. The lowest BCUT2D eigenvalue weighted by atomic mass is 10.1. The SMILES string of the molecule is Cc1nc(COc2ccc(Nc3ncnc4cccc(OC5CCN(C)CC5)c34)cc2Cl)co1. The van der Waals surface area contributed by atoms with Gasteiger partial charge in [-0.05, 0) is 50.2 Å². The first-order chi connectivity index (χ1) is 16.5. The van der Waals surface area contributed by atoms with Crippen molar-refractivity contribution < 1.29 is 13.9 Å². The van der Waals surface area contributed by atoms with E-state index in [2.05, 4.69) is 32.2 Å². The largest absolute Gasteiger partial charge is 0.489 e. The van der Waals surface area contributed by atoms with Gasteiger partial charge in [0.15, 0.2) is 5.89 Å². The average Bonchev–Trinajstić information content (AvgIpc) is 3.25. The molecule has 1 N–H and O–H groups in total. The van der Waals surface area contributed by atoms with Crippen LogP contribution in [0.15, 0.2) is 53.4 Å². The number of nitrogens with one attached hydrogen (secondary N) is 1. The third kappa shape index (κ3) is 5.08. The number of aryl methyl sites for hydroxylation is 1. The van der Waals surface area contributed by atoms with Crippen LogP contribution in [0.5, 0.6) is 11.5 Å². The Morgan fingerprint density at radius 3 is 2.76 bits per heavy atom. The number of likely N-dealkylation sites (tertiary alicyclic amines) is 1. The van der Waals surface area contributed by atoms with Gasteiger partial charge in [0.25, 0.3) is 0 Å². The summed E-state index contributed by atoms with van der Waals surface area (Å²) in [5.74, 6) is 2.60. The van der Waals surface area contributed by atoms with E-state index in [0.29, 0.717) is 28.2 Å². The van der Waals surface area contributed by atoms with Gasteiger partial charge in [-0.1, -0.05) is 17.7 Å². The van der Waals surface area contributed by atoms with Gasteiger partial charge >= 0.3 is 0 Å². The summed E-state index contributed by atoms with van der Waals surface area (Å²) in [5.41, 5.74) is 2.31. The molecular weight excluding hydrogens is 454 g/mol. The number of oxazole rings is 1. The Hall–Kier alpha value is -3.36. The summed E-state index contributed by atoms with van der Waals surface area (Å²) in [6.45, 7) is 4.12. The van der Waals surface area contributed by atoms with Gasteiger partial charge in [0.05, 0.1) is 15.9 Å². The number of halogens is 1. The van der Waals surface area contributed by atoms with Gasteiger partial charge in [0.2, 0.25) is 0 Å². The molecule has 0 radical (unpaired) electrons. The molecule has 0 spiro atoms. The molecule has 5 rings (SSSR count). The molecule has 0 atom stereocenters. The van der Waals surface area contributed by atoms with E-state index in [1.165, 1.54) is 0 Å². The molecule has 1 saturated heterocycles. The second-order valence-corrected chi connectivity index (χ2v) is 8.82. The van der Waals surface area contributed by atoms with E-state index < -0.39 is 0 Å². The third-order valence-corrected chi connectivity index (χ3v) is 6.12. The molecule has 0 bridgehead atoms. The second kappa shape index (κ2) is 9.87. The molecule has 2 aromatic heterocycles. The van der Waals surface area contributed by atoms with Crippen LogP contribution in [-0.4, -0.2) is 46.1 Å². The maximum absolute atomic E-state index is 6.49. The standard InChI is InChI=1S/C25H26ClN5O3/c1-16-29-18(13-32-16)14-33-22-7-6-17(12-20(22)26)30-25-24-21(27-15-28-25)4-3-5-23(24)34-19-8-10-31(2)11-9-19/h3-7,12-13,15,19H,8-11,14H2,1-2H3,(H,27,28,30). The number of piperidine rings is 1. The van der Waals surface area contributed by atoms with Crippen molar-refractivity contribution in [1.29, 1.82) is 0 Å². The molecule has 0 unspecified atom stereocenters. The van der Waals surface area contributed by atoms with Gasteiger partial charge in [0, 0.05) is 25.7 Å². The first-order valence-electron chi connectivity index (χ1n) is 11.2. The lowest BCUT2D eigenvalue weighted by Crippen LogP contribution is -2.35. The van der Waals surface area contributed by atoms with E-state index in [9.17, 15) is 0 Å². The summed E-state index contributed by atoms with van der Waals surface area (Å²) >= 11 is 6.49. The number of ether oxygens (including phenoxy) is 2. The number of hydrogen-bond donors (Lipinski definition) is 1. The molecule has 8 nitrogen and oxygen atoms in total. The highest BCUT2D eigenvalue weighted by atomic mass is 35.5. The van der Waals surface area contributed by atoms with Gasteiger partial charge < -0.3 is 24.1 Å². The van der Waals surface area contributed by atoms with Crippen LogP contribution in [0.25, 0.3) is 10.9 Å². The van der Waals surface area contributed by atoms with E-state index in [1.807, 2.05) is 30.3 Å². The molecule has 34 heavy (non-hydrogen) atoms. The van der Waals surface area contributed by atoms with Crippen LogP contribution in [-0.2, 0) is 6.61 Å². The molecular formula is C25H26ClN5O3. The number of hydrogen-bond acceptors (Lipinski definition) is 8. The fourth-order valence-corrected chi connectivity index (χ4v) is 4.25. The summed E-state index contributed by atoms with van der Waals surface area (Å²) in [4.78, 5) is 15.5. The van der Waals surface area contributed by atoms with Gasteiger partial charge in [-0.25, -0.2) is 15.0 Å². The van der Waals surface area contributed by atoms with E-state index in [1.54, 1.807) is 25.6 Å². The molecule has 2 aromatic carbocycles. The van der Waals surface area contributed by atoms with E-state index >= 15 is 0 Å². The van der Waals surface area contributed by atoms with Crippen molar-refractivity contribution in [2.24, 2.45) is 0 Å². The predicted octanol–water partition coefficient (Wildman–Crippen LogP) is 5.38. The van der Waals surface area contributed by atoms with Crippen molar-refractivity contribution in [2.45, 2.75) is 32.5 Å². The fraction of sp³-hybridized carbons (Fsp3) is 0.320. The molecule has 3 heterocycles. The summed E-state index contributed by atoms with van der Waals surface area (Å²) in [7, 11) is 2.14. The Balaban J connectivity index is 1.35. The van der Waals surface area contributed by atoms with Gasteiger partial charge in [-0.15, -0.1) is 0 Å². The molecule has 0 saturated carbocycles. The van der Waals surface area contributed by atoms with Crippen LogP contribution in [0, 0.1) is 6.92 Å². The lowest BCUT2D eigenvalue weighted by Gasteiger charge is -2.29. The minimum absolute atomic E-state index is 0.175. The number of rotatable bonds is 7. The van der Waals surface area contributed by atoms with Crippen LogP contribution < -0.4 is 14.8 Å². The highest BCUT2D eigenvalue weighted by Crippen LogP contribution is 2.35. The van der Waals surface area contributed by atoms with Crippen LogP contribution in [0.4, 0.5) is 11.5 Å². The van der Waals surface area contributed by atoms with Crippen molar-refractivity contribution >= 4 is 34.0 Å². The molecule has 1 aliphatic rings. The highest BCUT2D eigenvalue weighted by molar-refractivity contribution is 6.32. The molecule has 4 aromatic rings. The van der Waals surface area contributed by atoms with Crippen LogP contribution in [0.3, 0.4) is 0 Å². The summed E-state index contributed by atoms with van der Waals surface area (Å²) < 4.78 is 17.4. The Labute approximate surface area is 202 Å². The van der Waals surface area contributed by atoms with Crippen molar-refractivity contribution in [3.8, 4) is 11.5 Å². The molecule has 9 heteroatoms. The Bertz CT molecular complexity index is 1280. The Morgan fingerprint density at radius 2 is 2.00 bits per heavy atom. The molecule has 0 aliphatic carbocycles. The van der Waals surface area contributed by atoms with Crippen molar-refractivity contribution in [3.05, 3.63) is 65.6 Å². The maximum atomic E-state index is 6.49. The van der Waals surface area contributed by atoms with Gasteiger partial charge in [-0.3, -0.25) is 0 Å². The summed E-state index contributed by atoms with van der Waals surface area (Å²) in [6, 6.07) is 11.4. The van der Waals surface area contributed by atoms with Crippen molar-refractivity contribution in [3.63, 3.8) is 0 Å². The topological polar surface area (TPSA) is 85.5 Å². The smallest absolute Gasteiger partial charge is 0.191 e. The number of nitrogens with zero attached hydrogens (tertiary/aromatic N) is 4. The quantitative estimate of drug-likeness (QED) is 0.378. The van der Waals surface area contributed by atoms with Crippen molar-refractivity contribution in [2.75, 3.05) is 25.5 Å². The van der Waals surface area contributed by atoms with E-state index in [4.69, 9.17) is 25.5 Å². The van der Waals surface area contributed by atoms with Crippen LogP contribution in [0.1, 0.15) is 24.4 Å². The van der Waals surface area contributed by atoms with E-state index in [-0.39, 0.29) is 12.7 Å². The normalized spacial score (nSPS) is 14.9. The average molecular weight is 480 g/mol. The minimum atomic E-state index is 0.175. The van der Waals surface area contributed by atoms with Gasteiger partial charge in [0.1, 0.15) is 48.3 Å². The first kappa shape index (κ1) is 22.4. The van der Waals surface area contributed by atoms with Crippen molar-refractivity contribution in [1.82, 2.24) is 19.9 Å². The number of anilines is 2. The van der Waals surface area contributed by atoms with Crippen LogP contribution in [0.2, 0.25) is 5.02 Å².